The van der Waals surface area contributed by atoms with Crippen LogP contribution in [0.5, 0.6) is 0 Å². The second kappa shape index (κ2) is 46.7. The van der Waals surface area contributed by atoms with Crippen LogP contribution in [-0.4, -0.2) is 42.7 Å². The van der Waals surface area contributed by atoms with Crippen molar-refractivity contribution in [3.05, 3.63) is 142 Å². The molecule has 0 atom stereocenters. The van der Waals surface area contributed by atoms with Crippen molar-refractivity contribution in [2.75, 3.05) is 42.7 Å². The standard InChI is InChI=1S/4C10H14.6CH3O.2F6P.4Os/c4*1-8(2)10-6-4-9(3)5-7-10;6*1-2;2*1-7(2,3,4,5)6;;;;/h4*4-8H,1-3H3;6*1H3;;;;;;/q;;;;8*-1;4*+2. The van der Waals surface area contributed by atoms with Gasteiger partial charge < -0.3 is 30.6 Å². The molecular weight excluding hydrogens is 1700 g/mol. The molecule has 0 aliphatic rings. The Morgan fingerprint density at radius 3 is 0.371 bits per heavy atom. The first-order chi connectivity index (χ1) is 29.7. The average molecular weight is 1770 g/mol. The average Bonchev–Trinajstić information content (AvgIpc) is 3.21. The second-order valence-corrected chi connectivity index (χ2v) is 18.0. The monoisotopic (exact) mass is 1780 g/mol. The van der Waals surface area contributed by atoms with E-state index in [1.54, 1.807) is 0 Å². The largest absolute Gasteiger partial charge is 2.00 e. The van der Waals surface area contributed by atoms with Gasteiger partial charge in [-0.3, -0.25) is 0 Å². The molecular formula is C46H74F12O6Os4P2. The van der Waals surface area contributed by atoms with Crippen LogP contribution >= 0.6 is 15.6 Å². The molecule has 0 aromatic heterocycles. The summed E-state index contributed by atoms with van der Waals surface area (Å²) in [6, 6.07) is 34.9. The molecule has 0 amide bonds. The van der Waals surface area contributed by atoms with Crippen LogP contribution in [0, 0.1) is 27.7 Å². The van der Waals surface area contributed by atoms with Gasteiger partial charge in [-0.2, -0.15) is 42.7 Å². The molecule has 4 aromatic carbocycles. The normalized spacial score (nSPS) is 11.1. The minimum atomic E-state index is -10.7. The van der Waals surface area contributed by atoms with Gasteiger partial charge >= 0.3 is 145 Å². The van der Waals surface area contributed by atoms with Crippen molar-refractivity contribution in [3.8, 4) is 0 Å². The molecule has 0 unspecified atom stereocenters. The van der Waals surface area contributed by atoms with Crippen molar-refractivity contribution in [3.63, 3.8) is 0 Å². The molecule has 0 spiro atoms. The van der Waals surface area contributed by atoms with E-state index in [0.717, 1.165) is 42.7 Å². The predicted molar refractivity (Wildman–Crippen MR) is 244 cm³/mol. The Labute approximate surface area is 463 Å². The fourth-order valence-electron chi connectivity index (χ4n) is 3.81. The van der Waals surface area contributed by atoms with Crippen LogP contribution in [0.2, 0.25) is 0 Å². The van der Waals surface area contributed by atoms with Gasteiger partial charge in [0.15, 0.2) is 0 Å². The van der Waals surface area contributed by atoms with Crippen LogP contribution in [0.3, 0.4) is 0 Å². The van der Waals surface area contributed by atoms with E-state index in [1.807, 2.05) is 0 Å². The molecule has 0 aliphatic carbocycles. The minimum Gasteiger partial charge on any atom is 2.00 e. The molecule has 0 N–H and O–H groups in total. The summed E-state index contributed by atoms with van der Waals surface area (Å²) in [6.07, 6.45) is 0. The quantitative estimate of drug-likeness (QED) is 0.147. The van der Waals surface area contributed by atoms with Crippen LogP contribution in [0.1, 0.15) is 124 Å². The van der Waals surface area contributed by atoms with Gasteiger partial charge in [-0.25, -0.2) is 0 Å². The Morgan fingerprint density at radius 2 is 0.314 bits per heavy atom. The molecule has 0 saturated heterocycles. The van der Waals surface area contributed by atoms with Gasteiger partial charge in [-0.15, -0.1) is 0 Å². The van der Waals surface area contributed by atoms with E-state index >= 15 is 0 Å². The predicted octanol–water partition coefficient (Wildman–Crippen LogP) is 13.1. The molecule has 0 radical (unpaired) electrons. The first-order valence-electron chi connectivity index (χ1n) is 19.5. The third kappa shape index (κ3) is 96.7. The Bertz CT molecular complexity index is 1430. The summed E-state index contributed by atoms with van der Waals surface area (Å²) in [7, 11) is -16.8. The van der Waals surface area contributed by atoms with Gasteiger partial charge in [-0.1, -0.05) is 175 Å². The van der Waals surface area contributed by atoms with E-state index in [2.05, 4.69) is 180 Å². The van der Waals surface area contributed by atoms with E-state index in [4.69, 9.17) is 30.6 Å². The molecule has 0 saturated carbocycles. The maximum Gasteiger partial charge on any atom is 2.00 e. The molecule has 4 rings (SSSR count). The zero-order valence-corrected chi connectivity index (χ0v) is 54.8. The van der Waals surface area contributed by atoms with E-state index < -0.39 is 15.6 Å². The molecule has 70 heavy (non-hydrogen) atoms. The van der Waals surface area contributed by atoms with E-state index in [-0.39, 0.29) is 79.2 Å². The van der Waals surface area contributed by atoms with Crippen molar-refractivity contribution < 1.29 is 160 Å². The summed E-state index contributed by atoms with van der Waals surface area (Å²) in [5, 5.41) is 49.5. The smallest absolute Gasteiger partial charge is 2.00 e. The zero-order valence-electron chi connectivity index (χ0n) is 42.8. The molecule has 0 fully saturated rings. The van der Waals surface area contributed by atoms with E-state index in [1.165, 1.54) is 44.5 Å². The SMILES string of the molecule is C[O-].C[O-].C[O-].C[O-].C[O-].C[O-].Cc1ccc(C(C)C)cc1.Cc1ccc(C(C)C)cc1.Cc1ccc(C(C)C)cc1.Cc1ccc(C(C)C)cc1.F[P-](F)(F)(F)(F)F.F[P-](F)(F)(F)(F)F.[Os+2].[Os+2].[Os+2].[Os+2]. The second-order valence-electron chi connectivity index (χ2n) is 14.2. The molecule has 0 aliphatic heterocycles. The number of hydrogen-bond acceptors (Lipinski definition) is 6. The number of halogens is 12. The molecule has 0 heterocycles. The summed E-state index contributed by atoms with van der Waals surface area (Å²) < 4.78 is 118. The van der Waals surface area contributed by atoms with Crippen LogP contribution < -0.4 is 30.6 Å². The topological polar surface area (TPSA) is 138 Å². The fourth-order valence-corrected chi connectivity index (χ4v) is 3.81. The van der Waals surface area contributed by atoms with Crippen LogP contribution in [0.25, 0.3) is 0 Å². The summed E-state index contributed by atoms with van der Waals surface area (Å²) >= 11 is 0. The van der Waals surface area contributed by atoms with Crippen molar-refractivity contribution in [1.29, 1.82) is 0 Å². The van der Waals surface area contributed by atoms with E-state index in [0.29, 0.717) is 23.7 Å². The third-order valence-corrected chi connectivity index (χ3v) is 6.98. The van der Waals surface area contributed by atoms with Crippen molar-refractivity contribution in [2.24, 2.45) is 0 Å². The van der Waals surface area contributed by atoms with Crippen LogP contribution in [0.4, 0.5) is 50.4 Å². The number of rotatable bonds is 4. The van der Waals surface area contributed by atoms with Gasteiger partial charge in [0.05, 0.1) is 0 Å². The maximum atomic E-state index is 9.87. The van der Waals surface area contributed by atoms with Crippen LogP contribution in [-0.2, 0) is 79.2 Å². The Balaban J connectivity index is -0.0000000548. The number of benzene rings is 4. The van der Waals surface area contributed by atoms with Crippen molar-refractivity contribution in [1.82, 2.24) is 0 Å². The van der Waals surface area contributed by atoms with Crippen LogP contribution in [0.15, 0.2) is 97.1 Å². The minimum absolute atomic E-state index is 0. The van der Waals surface area contributed by atoms with Crippen molar-refractivity contribution in [2.45, 2.75) is 107 Å². The van der Waals surface area contributed by atoms with Gasteiger partial charge in [0.1, 0.15) is 0 Å². The molecule has 420 valence electrons. The first-order valence-corrected chi connectivity index (χ1v) is 23.6. The fraction of sp³-hybridized carbons (Fsp3) is 0.478. The molecule has 0 bridgehead atoms. The van der Waals surface area contributed by atoms with Gasteiger partial charge in [0, 0.05) is 0 Å². The van der Waals surface area contributed by atoms with E-state index in [9.17, 15) is 50.4 Å². The number of aryl methyl sites for hydroxylation is 4. The third-order valence-electron chi connectivity index (χ3n) is 6.98. The Morgan fingerprint density at radius 1 is 0.243 bits per heavy atom. The molecule has 24 heteroatoms. The summed E-state index contributed by atoms with van der Waals surface area (Å²) in [5.74, 6) is 2.61. The molecule has 4 aromatic rings. The Hall–Kier alpha value is -0.795. The van der Waals surface area contributed by atoms with Gasteiger partial charge in [0.25, 0.3) is 0 Å². The Kier molecular flexibility index (Phi) is 65.7. The maximum absolute atomic E-state index is 10.7. The molecule has 6 nitrogen and oxygen atoms in total. The van der Waals surface area contributed by atoms with Gasteiger partial charge in [0.2, 0.25) is 0 Å². The van der Waals surface area contributed by atoms with Crippen molar-refractivity contribution >= 4 is 15.6 Å². The van der Waals surface area contributed by atoms with Gasteiger partial charge in [-0.05, 0) is 73.6 Å². The summed E-state index contributed by atoms with van der Waals surface area (Å²) in [6.45, 7) is 26.2. The zero-order chi connectivity index (χ0) is 55.1. The summed E-state index contributed by atoms with van der Waals surface area (Å²) in [5.41, 5.74) is 11.0. The number of hydrogen-bond donors (Lipinski definition) is 0. The summed E-state index contributed by atoms with van der Waals surface area (Å²) in [4.78, 5) is 0. The first kappa shape index (κ1) is 98.4.